The van der Waals surface area contributed by atoms with Crippen LogP contribution in [0, 0.1) is 11.8 Å². The molecule has 4 atom stereocenters. The van der Waals surface area contributed by atoms with Crippen LogP contribution in [-0.2, 0) is 27.4 Å². The minimum Gasteiger partial charge on any atom is -0.489 e. The minimum absolute atomic E-state index is 0.0109. The number of carboxylic acid groups (broad SMARTS) is 1. The zero-order valence-electron chi connectivity index (χ0n) is 20.4. The number of amides is 2. The van der Waals surface area contributed by atoms with E-state index >= 15 is 0 Å². The molecule has 10 heteroatoms. The predicted octanol–water partition coefficient (Wildman–Crippen LogP) is 0.653. The zero-order chi connectivity index (χ0) is 26.1. The van der Waals surface area contributed by atoms with Crippen LogP contribution in [0.1, 0.15) is 24.0 Å². The number of hydrogen-bond donors (Lipinski definition) is 5. The molecular weight excluding hydrogens is 462 g/mol. The molecule has 0 heterocycles. The number of hydrazine groups is 1. The number of rotatable bonds is 14. The molecule has 0 saturated heterocycles. The summed E-state index contributed by atoms with van der Waals surface area (Å²) in [7, 11) is 1.47. The number of nitrogens with zero attached hydrogens (tertiary/aromatic N) is 1. The number of ether oxygens (including phenoxy) is 1. The molecular formula is C26H35N5O5. The number of nitrogens with one attached hydrogen (secondary N) is 2. The van der Waals surface area contributed by atoms with Gasteiger partial charge >= 0.3 is 5.97 Å². The third-order valence-electron chi connectivity index (χ3n) is 6.18. The lowest BCUT2D eigenvalue weighted by atomic mass is 10.0. The van der Waals surface area contributed by atoms with Gasteiger partial charge < -0.3 is 26.6 Å². The number of likely N-dealkylation sites (N-methyl/N-ethyl adjacent to an activating group) is 1. The normalized spacial score (nSPS) is 18.2. The van der Waals surface area contributed by atoms with Crippen LogP contribution in [0.15, 0.2) is 54.6 Å². The zero-order valence-corrected chi connectivity index (χ0v) is 20.4. The van der Waals surface area contributed by atoms with Gasteiger partial charge in [0.1, 0.15) is 18.9 Å². The highest BCUT2D eigenvalue weighted by atomic mass is 16.5. The molecule has 1 aliphatic rings. The van der Waals surface area contributed by atoms with Gasteiger partial charge in [-0.1, -0.05) is 42.5 Å². The molecule has 36 heavy (non-hydrogen) atoms. The van der Waals surface area contributed by atoms with Gasteiger partial charge in [0, 0.05) is 19.5 Å². The third kappa shape index (κ3) is 8.63. The van der Waals surface area contributed by atoms with Crippen molar-refractivity contribution in [2.75, 3.05) is 20.1 Å². The van der Waals surface area contributed by atoms with E-state index in [1.54, 1.807) is 0 Å². The van der Waals surface area contributed by atoms with Crippen molar-refractivity contribution in [3.05, 3.63) is 65.7 Å². The molecule has 0 aliphatic heterocycles. The van der Waals surface area contributed by atoms with Crippen LogP contribution >= 0.6 is 0 Å². The van der Waals surface area contributed by atoms with Crippen molar-refractivity contribution in [3.63, 3.8) is 0 Å². The van der Waals surface area contributed by atoms with Gasteiger partial charge in [-0.05, 0) is 54.5 Å². The van der Waals surface area contributed by atoms with E-state index < -0.39 is 18.1 Å². The summed E-state index contributed by atoms with van der Waals surface area (Å²) < 4.78 is 5.80. The molecule has 1 aliphatic carbocycles. The smallest absolute Gasteiger partial charge is 0.319 e. The first-order valence-corrected chi connectivity index (χ1v) is 12.0. The maximum atomic E-state index is 12.8. The van der Waals surface area contributed by atoms with Crippen LogP contribution in [0.25, 0.3) is 0 Å². The van der Waals surface area contributed by atoms with Crippen molar-refractivity contribution < 1.29 is 24.2 Å². The van der Waals surface area contributed by atoms with Crippen molar-refractivity contribution in [2.24, 2.45) is 23.3 Å². The topological polar surface area (TPSA) is 160 Å². The highest BCUT2D eigenvalue weighted by Crippen LogP contribution is 2.41. The first kappa shape index (κ1) is 27.1. The quantitative estimate of drug-likeness (QED) is 0.238. The molecule has 0 bridgehead atoms. The molecule has 7 N–H and O–H groups in total. The van der Waals surface area contributed by atoms with E-state index in [9.17, 15) is 14.4 Å². The molecule has 0 unspecified atom stereocenters. The van der Waals surface area contributed by atoms with Gasteiger partial charge in [-0.25, -0.2) is 5.01 Å². The van der Waals surface area contributed by atoms with Crippen molar-refractivity contribution in [3.8, 4) is 5.75 Å². The molecule has 2 amide bonds. The van der Waals surface area contributed by atoms with Gasteiger partial charge in [-0.3, -0.25) is 19.8 Å². The summed E-state index contributed by atoms with van der Waals surface area (Å²) in [5.74, 6) is -0.747. The van der Waals surface area contributed by atoms with Gasteiger partial charge in [0.15, 0.2) is 0 Å². The van der Waals surface area contributed by atoms with Gasteiger partial charge in [-0.15, -0.1) is 0 Å². The van der Waals surface area contributed by atoms with Crippen LogP contribution < -0.4 is 26.9 Å². The fraction of sp³-hybridized carbons (Fsp3) is 0.423. The molecule has 3 rings (SSSR count). The lowest BCUT2D eigenvalue weighted by Crippen LogP contribution is -2.50. The first-order chi connectivity index (χ1) is 17.2. The van der Waals surface area contributed by atoms with Crippen LogP contribution in [0.4, 0.5) is 0 Å². The molecule has 10 nitrogen and oxygen atoms in total. The van der Waals surface area contributed by atoms with Crippen LogP contribution in [0.2, 0.25) is 0 Å². The summed E-state index contributed by atoms with van der Waals surface area (Å²) in [4.78, 5) is 36.1. The number of nitrogens with two attached hydrogens (primary N) is 2. The Balaban J connectivity index is 1.51. The second kappa shape index (κ2) is 13.0. The maximum Gasteiger partial charge on any atom is 0.319 e. The summed E-state index contributed by atoms with van der Waals surface area (Å²) in [5, 5.41) is 13.0. The van der Waals surface area contributed by atoms with E-state index in [-0.39, 0.29) is 36.6 Å². The molecule has 1 saturated carbocycles. The second-order valence-electron chi connectivity index (χ2n) is 9.23. The summed E-state index contributed by atoms with van der Waals surface area (Å²) in [6, 6.07) is 16.1. The van der Waals surface area contributed by atoms with Crippen molar-refractivity contribution >= 4 is 17.8 Å². The van der Waals surface area contributed by atoms with Crippen molar-refractivity contribution in [1.82, 2.24) is 15.8 Å². The average molecular weight is 498 g/mol. The molecule has 0 aromatic heterocycles. The number of benzene rings is 2. The predicted molar refractivity (Wildman–Crippen MR) is 135 cm³/mol. The van der Waals surface area contributed by atoms with Crippen LogP contribution in [0.3, 0.4) is 0 Å². The van der Waals surface area contributed by atoms with Crippen molar-refractivity contribution in [1.29, 1.82) is 0 Å². The largest absolute Gasteiger partial charge is 0.489 e. The van der Waals surface area contributed by atoms with E-state index in [1.165, 1.54) is 12.1 Å². The Morgan fingerprint density at radius 3 is 2.42 bits per heavy atom. The highest BCUT2D eigenvalue weighted by molar-refractivity contribution is 5.83. The summed E-state index contributed by atoms with van der Waals surface area (Å²) >= 11 is 0. The van der Waals surface area contributed by atoms with E-state index in [4.69, 9.17) is 21.3 Å². The highest BCUT2D eigenvalue weighted by Gasteiger charge is 2.43. The fourth-order valence-corrected chi connectivity index (χ4v) is 4.14. The standard InChI is InChI=1S/C26H35N5O5/c1-31(15-25(33)34)30-24(32)13-23(21-12-19(21)14-27)29-26(35)22(28)11-17-7-9-20(10-8-17)36-16-18-5-3-2-4-6-18/h2-10,19,21-23H,11-16,27-28H2,1H3,(H,29,35)(H,30,32)(H,33,34)/t19-,21-,22-,23+/m0/s1. The summed E-state index contributed by atoms with van der Waals surface area (Å²) in [6.07, 6.45) is 1.16. The van der Waals surface area contributed by atoms with E-state index in [0.717, 1.165) is 23.3 Å². The van der Waals surface area contributed by atoms with Gasteiger partial charge in [-0.2, -0.15) is 0 Å². The molecule has 1 fully saturated rings. The third-order valence-corrected chi connectivity index (χ3v) is 6.18. The maximum absolute atomic E-state index is 12.8. The Morgan fingerprint density at radius 1 is 1.11 bits per heavy atom. The number of aliphatic carboxylic acids is 1. The van der Waals surface area contributed by atoms with Crippen LogP contribution in [0.5, 0.6) is 5.75 Å². The van der Waals surface area contributed by atoms with Crippen LogP contribution in [-0.4, -0.2) is 60.1 Å². The van der Waals surface area contributed by atoms with Gasteiger partial charge in [0.2, 0.25) is 11.8 Å². The van der Waals surface area contributed by atoms with Gasteiger partial charge in [0.25, 0.3) is 0 Å². The second-order valence-corrected chi connectivity index (χ2v) is 9.23. The SMILES string of the molecule is CN(CC(=O)O)NC(=O)C[C@@H](NC(=O)[C@@H](N)Cc1ccc(OCc2ccccc2)cc1)[C@H]1C[C@H]1CN. The number of carboxylic acids is 1. The molecule has 194 valence electrons. The minimum atomic E-state index is -1.06. The summed E-state index contributed by atoms with van der Waals surface area (Å²) in [6.45, 7) is 0.606. The Kier molecular flexibility index (Phi) is 9.80. The van der Waals surface area contributed by atoms with Crippen molar-refractivity contribution in [2.45, 2.75) is 38.0 Å². The summed E-state index contributed by atoms with van der Waals surface area (Å²) in [5.41, 5.74) is 16.4. The lowest BCUT2D eigenvalue weighted by molar-refractivity contribution is -0.139. The van der Waals surface area contributed by atoms with E-state index in [0.29, 0.717) is 19.6 Å². The number of carbonyl (C=O) groups excluding carboxylic acids is 2. The Bertz CT molecular complexity index is 1020. The van der Waals surface area contributed by atoms with E-state index in [2.05, 4.69) is 10.7 Å². The van der Waals surface area contributed by atoms with Gasteiger partial charge in [0.05, 0.1) is 6.04 Å². The fourth-order valence-electron chi connectivity index (χ4n) is 4.14. The first-order valence-electron chi connectivity index (χ1n) is 12.0. The lowest BCUT2D eigenvalue weighted by Gasteiger charge is -2.23. The molecule has 0 radical (unpaired) electrons. The Hall–Kier alpha value is -3.47. The number of hydrogen-bond acceptors (Lipinski definition) is 7. The molecule has 2 aromatic carbocycles. The van der Waals surface area contributed by atoms with E-state index in [1.807, 2.05) is 54.6 Å². The number of carbonyl (C=O) groups is 3. The molecule has 2 aromatic rings. The molecule has 0 spiro atoms. The monoisotopic (exact) mass is 497 g/mol. The average Bonchev–Trinajstić information content (AvgIpc) is 3.63. The Morgan fingerprint density at radius 2 is 1.81 bits per heavy atom. The Labute approximate surface area is 210 Å².